The third kappa shape index (κ3) is 2.84. The van der Waals surface area contributed by atoms with Crippen molar-refractivity contribution in [1.29, 1.82) is 0 Å². The highest BCUT2D eigenvalue weighted by Crippen LogP contribution is 2.28. The SMILES string of the molecule is COc1cccc(S(C)(=O)=O)c1CC1CCCN1. The molecular weight excluding hydrogens is 250 g/mol. The summed E-state index contributed by atoms with van der Waals surface area (Å²) in [4.78, 5) is 0.385. The van der Waals surface area contributed by atoms with Crippen LogP contribution in [0.4, 0.5) is 0 Å². The zero-order valence-electron chi connectivity index (χ0n) is 10.8. The molecule has 1 fully saturated rings. The Morgan fingerprint density at radius 2 is 2.22 bits per heavy atom. The van der Waals surface area contributed by atoms with Crippen molar-refractivity contribution in [3.63, 3.8) is 0 Å². The summed E-state index contributed by atoms with van der Waals surface area (Å²) in [6.45, 7) is 1.01. The lowest BCUT2D eigenvalue weighted by Crippen LogP contribution is -2.24. The van der Waals surface area contributed by atoms with E-state index in [2.05, 4.69) is 5.32 Å². The van der Waals surface area contributed by atoms with E-state index in [0.29, 0.717) is 23.1 Å². The molecule has 18 heavy (non-hydrogen) atoms. The van der Waals surface area contributed by atoms with E-state index in [1.165, 1.54) is 6.26 Å². The molecule has 0 radical (unpaired) electrons. The Bertz CT molecular complexity index is 519. The molecule has 1 aromatic rings. The maximum Gasteiger partial charge on any atom is 0.175 e. The van der Waals surface area contributed by atoms with E-state index in [-0.39, 0.29) is 0 Å². The van der Waals surface area contributed by atoms with Gasteiger partial charge in [-0.1, -0.05) is 6.07 Å². The van der Waals surface area contributed by atoms with Crippen molar-refractivity contribution >= 4 is 9.84 Å². The first kappa shape index (κ1) is 13.4. The summed E-state index contributed by atoms with van der Waals surface area (Å²) < 4.78 is 28.9. The molecule has 1 heterocycles. The topological polar surface area (TPSA) is 55.4 Å². The lowest BCUT2D eigenvalue weighted by atomic mass is 10.0. The van der Waals surface area contributed by atoms with Crippen LogP contribution in [0.1, 0.15) is 18.4 Å². The Labute approximate surface area is 108 Å². The van der Waals surface area contributed by atoms with Gasteiger partial charge in [0.2, 0.25) is 0 Å². The number of hydrogen-bond acceptors (Lipinski definition) is 4. The van der Waals surface area contributed by atoms with Gasteiger partial charge < -0.3 is 10.1 Å². The molecule has 0 saturated carbocycles. The highest BCUT2D eigenvalue weighted by Gasteiger charge is 2.22. The first-order valence-electron chi connectivity index (χ1n) is 6.11. The Hall–Kier alpha value is -1.07. The maximum absolute atomic E-state index is 11.8. The number of methoxy groups -OCH3 is 1. The average Bonchev–Trinajstić information content (AvgIpc) is 2.80. The fourth-order valence-corrected chi connectivity index (χ4v) is 3.42. The van der Waals surface area contributed by atoms with Crippen molar-refractivity contribution in [2.75, 3.05) is 19.9 Å². The molecule has 1 N–H and O–H groups in total. The van der Waals surface area contributed by atoms with Crippen LogP contribution in [-0.2, 0) is 16.3 Å². The zero-order valence-corrected chi connectivity index (χ0v) is 11.6. The second kappa shape index (κ2) is 5.28. The van der Waals surface area contributed by atoms with Crippen molar-refractivity contribution in [2.24, 2.45) is 0 Å². The van der Waals surface area contributed by atoms with E-state index in [0.717, 1.165) is 24.9 Å². The van der Waals surface area contributed by atoms with Crippen LogP contribution in [0.25, 0.3) is 0 Å². The molecule has 1 aromatic carbocycles. The average molecular weight is 269 g/mol. The molecule has 0 amide bonds. The van der Waals surface area contributed by atoms with Gasteiger partial charge >= 0.3 is 0 Å². The number of benzene rings is 1. The molecule has 0 spiro atoms. The van der Waals surface area contributed by atoms with Crippen LogP contribution in [0.5, 0.6) is 5.75 Å². The molecule has 100 valence electrons. The van der Waals surface area contributed by atoms with Gasteiger partial charge in [-0.05, 0) is 37.9 Å². The van der Waals surface area contributed by atoms with Gasteiger partial charge in [-0.3, -0.25) is 0 Å². The largest absolute Gasteiger partial charge is 0.496 e. The number of hydrogen-bond donors (Lipinski definition) is 1. The number of rotatable bonds is 4. The van der Waals surface area contributed by atoms with E-state index in [1.807, 2.05) is 6.07 Å². The quantitative estimate of drug-likeness (QED) is 0.897. The minimum Gasteiger partial charge on any atom is -0.496 e. The Morgan fingerprint density at radius 1 is 1.44 bits per heavy atom. The summed E-state index contributed by atoms with van der Waals surface area (Å²) in [5.74, 6) is 0.659. The smallest absolute Gasteiger partial charge is 0.175 e. The van der Waals surface area contributed by atoms with Crippen molar-refractivity contribution in [3.8, 4) is 5.75 Å². The lowest BCUT2D eigenvalue weighted by molar-refractivity contribution is 0.404. The van der Waals surface area contributed by atoms with Crippen LogP contribution in [0.15, 0.2) is 23.1 Å². The van der Waals surface area contributed by atoms with Gasteiger partial charge in [-0.15, -0.1) is 0 Å². The van der Waals surface area contributed by atoms with E-state index in [9.17, 15) is 8.42 Å². The van der Waals surface area contributed by atoms with E-state index in [4.69, 9.17) is 4.74 Å². The highest BCUT2D eigenvalue weighted by atomic mass is 32.2. The van der Waals surface area contributed by atoms with Gasteiger partial charge in [0.25, 0.3) is 0 Å². The van der Waals surface area contributed by atoms with Gasteiger partial charge in [-0.25, -0.2) is 8.42 Å². The molecule has 1 saturated heterocycles. The van der Waals surface area contributed by atoms with Crippen molar-refractivity contribution in [2.45, 2.75) is 30.2 Å². The molecule has 1 aliphatic heterocycles. The van der Waals surface area contributed by atoms with Crippen LogP contribution >= 0.6 is 0 Å². The van der Waals surface area contributed by atoms with E-state index < -0.39 is 9.84 Å². The van der Waals surface area contributed by atoms with Crippen molar-refractivity contribution in [3.05, 3.63) is 23.8 Å². The molecule has 0 aliphatic carbocycles. The van der Waals surface area contributed by atoms with Gasteiger partial charge in [0.05, 0.1) is 12.0 Å². The monoisotopic (exact) mass is 269 g/mol. The predicted octanol–water partition coefficient (Wildman–Crippen LogP) is 1.39. The van der Waals surface area contributed by atoms with Crippen LogP contribution in [0.2, 0.25) is 0 Å². The minimum atomic E-state index is -3.22. The van der Waals surface area contributed by atoms with Gasteiger partial charge in [0.1, 0.15) is 5.75 Å². The summed E-state index contributed by atoms with van der Waals surface area (Å²) >= 11 is 0. The third-order valence-electron chi connectivity index (χ3n) is 3.32. The van der Waals surface area contributed by atoms with E-state index in [1.54, 1.807) is 19.2 Å². The fourth-order valence-electron chi connectivity index (χ4n) is 2.46. The summed E-state index contributed by atoms with van der Waals surface area (Å²) in [5.41, 5.74) is 0.793. The van der Waals surface area contributed by atoms with E-state index >= 15 is 0 Å². The first-order valence-corrected chi connectivity index (χ1v) is 8.01. The summed E-state index contributed by atoms with van der Waals surface area (Å²) in [7, 11) is -1.64. The van der Waals surface area contributed by atoms with Crippen molar-refractivity contribution in [1.82, 2.24) is 5.32 Å². The molecule has 2 rings (SSSR count). The molecule has 0 bridgehead atoms. The molecule has 4 nitrogen and oxygen atoms in total. The minimum absolute atomic E-state index is 0.349. The zero-order chi connectivity index (χ0) is 13.2. The summed E-state index contributed by atoms with van der Waals surface area (Å²) in [5, 5.41) is 3.38. The fraction of sp³-hybridized carbons (Fsp3) is 0.538. The van der Waals surface area contributed by atoms with Crippen molar-refractivity contribution < 1.29 is 13.2 Å². The van der Waals surface area contributed by atoms with Crippen LogP contribution in [0, 0.1) is 0 Å². The maximum atomic E-state index is 11.8. The Balaban J connectivity index is 2.40. The molecule has 0 aromatic heterocycles. The molecule has 5 heteroatoms. The predicted molar refractivity (Wildman–Crippen MR) is 70.8 cm³/mol. The summed E-state index contributed by atoms with van der Waals surface area (Å²) in [6.07, 6.45) is 4.18. The number of ether oxygens (including phenoxy) is 1. The van der Waals surface area contributed by atoms with Crippen LogP contribution in [-0.4, -0.2) is 34.4 Å². The first-order chi connectivity index (χ1) is 8.52. The normalized spacial score (nSPS) is 20.0. The standard InChI is InChI=1S/C13H19NO3S/c1-17-12-6-3-7-13(18(2,15)16)11(12)9-10-5-4-8-14-10/h3,6-7,10,14H,4-5,8-9H2,1-2H3. The Kier molecular flexibility index (Phi) is 3.92. The number of nitrogens with one attached hydrogen (secondary N) is 1. The van der Waals surface area contributed by atoms with Gasteiger partial charge in [0, 0.05) is 17.9 Å². The third-order valence-corrected chi connectivity index (χ3v) is 4.50. The highest BCUT2D eigenvalue weighted by molar-refractivity contribution is 7.90. The molecule has 1 unspecified atom stereocenters. The summed E-state index contributed by atoms with van der Waals surface area (Å²) in [6, 6.07) is 5.55. The number of sulfone groups is 1. The van der Waals surface area contributed by atoms with Gasteiger partial charge in [0.15, 0.2) is 9.84 Å². The second-order valence-corrected chi connectivity index (χ2v) is 6.69. The molecule has 1 atom stereocenters. The van der Waals surface area contributed by atoms with Crippen LogP contribution in [0.3, 0.4) is 0 Å². The second-order valence-electron chi connectivity index (χ2n) is 4.71. The molecule has 1 aliphatic rings. The van der Waals surface area contributed by atoms with Gasteiger partial charge in [-0.2, -0.15) is 0 Å². The Morgan fingerprint density at radius 3 is 2.78 bits per heavy atom. The van der Waals surface area contributed by atoms with Crippen LogP contribution < -0.4 is 10.1 Å². The molecular formula is C13H19NO3S. The lowest BCUT2D eigenvalue weighted by Gasteiger charge is -2.16.